The van der Waals surface area contributed by atoms with Crippen molar-refractivity contribution in [3.05, 3.63) is 44.2 Å². The molecular weight excluding hydrogens is 346 g/mol. The van der Waals surface area contributed by atoms with Crippen LogP contribution in [0, 0.1) is 3.57 Å². The summed E-state index contributed by atoms with van der Waals surface area (Å²) in [6.07, 6.45) is 0. The van der Waals surface area contributed by atoms with Gasteiger partial charge in [-0.25, -0.2) is 9.97 Å². The van der Waals surface area contributed by atoms with Gasteiger partial charge < -0.3 is 0 Å². The zero-order valence-electron chi connectivity index (χ0n) is 7.42. The zero-order chi connectivity index (χ0) is 10.8. The van der Waals surface area contributed by atoms with E-state index in [9.17, 15) is 0 Å². The number of nitrogens with zero attached hydrogens (tertiary/aromatic N) is 2. The quantitative estimate of drug-likeness (QED) is 0.572. The van der Waals surface area contributed by atoms with Gasteiger partial charge in [-0.1, -0.05) is 35.3 Å². The van der Waals surface area contributed by atoms with Crippen LogP contribution < -0.4 is 0 Å². The molecule has 1 aromatic carbocycles. The molecule has 2 rings (SSSR count). The molecule has 0 saturated carbocycles. The van der Waals surface area contributed by atoms with E-state index in [1.165, 1.54) is 6.07 Å². The van der Waals surface area contributed by atoms with Crippen molar-refractivity contribution in [2.24, 2.45) is 0 Å². The second-order valence-corrected chi connectivity index (χ2v) is 4.86. The van der Waals surface area contributed by atoms with Gasteiger partial charge in [0.25, 0.3) is 0 Å². The van der Waals surface area contributed by atoms with Crippen LogP contribution in [0.4, 0.5) is 0 Å². The van der Waals surface area contributed by atoms with Crippen LogP contribution in [0.25, 0.3) is 11.4 Å². The molecular formula is C10H5Cl2IN2. The van der Waals surface area contributed by atoms with Crippen LogP contribution in [0.15, 0.2) is 30.3 Å². The highest BCUT2D eigenvalue weighted by Gasteiger charge is 2.04. The molecule has 5 heteroatoms. The van der Waals surface area contributed by atoms with Crippen molar-refractivity contribution < 1.29 is 0 Å². The third-order valence-electron chi connectivity index (χ3n) is 1.77. The van der Waals surface area contributed by atoms with Crippen LogP contribution in [0.3, 0.4) is 0 Å². The first-order chi connectivity index (χ1) is 7.15. The molecule has 0 aliphatic carbocycles. The van der Waals surface area contributed by atoms with E-state index < -0.39 is 0 Å². The maximum absolute atomic E-state index is 5.79. The molecule has 0 aliphatic rings. The van der Waals surface area contributed by atoms with Crippen molar-refractivity contribution in [1.29, 1.82) is 0 Å². The Hall–Kier alpha value is -0.390. The lowest BCUT2D eigenvalue weighted by Gasteiger charge is -2.01. The minimum absolute atomic E-state index is 0.351. The third kappa shape index (κ3) is 2.80. The molecule has 76 valence electrons. The molecule has 15 heavy (non-hydrogen) atoms. The van der Waals surface area contributed by atoms with Crippen LogP contribution in [-0.4, -0.2) is 9.97 Å². The Kier molecular flexibility index (Phi) is 3.43. The Labute approximate surface area is 111 Å². The van der Waals surface area contributed by atoms with Gasteiger partial charge in [-0.05, 0) is 34.7 Å². The van der Waals surface area contributed by atoms with Gasteiger partial charge >= 0.3 is 0 Å². The number of benzene rings is 1. The van der Waals surface area contributed by atoms with Gasteiger partial charge in [0.15, 0.2) is 5.82 Å². The highest BCUT2D eigenvalue weighted by molar-refractivity contribution is 14.1. The fourth-order valence-corrected chi connectivity index (χ4v) is 1.90. The average Bonchev–Trinajstić information content (AvgIpc) is 2.17. The molecule has 0 spiro atoms. The minimum Gasteiger partial charge on any atom is -0.216 e. The van der Waals surface area contributed by atoms with Gasteiger partial charge in [-0.3, -0.25) is 0 Å². The van der Waals surface area contributed by atoms with Gasteiger partial charge in [0, 0.05) is 15.2 Å². The van der Waals surface area contributed by atoms with Crippen LogP contribution in [0.1, 0.15) is 0 Å². The Balaban J connectivity index is 2.49. The standard InChI is InChI=1S/C10H5Cl2IN2/c11-8-5-9(12)15-10(14-8)6-1-3-7(13)4-2-6/h1-5H. The van der Waals surface area contributed by atoms with Gasteiger partial charge in [0.2, 0.25) is 0 Å². The van der Waals surface area contributed by atoms with Crippen molar-refractivity contribution in [1.82, 2.24) is 9.97 Å². The highest BCUT2D eigenvalue weighted by atomic mass is 127. The molecule has 0 unspecified atom stereocenters. The number of aromatic nitrogens is 2. The first-order valence-electron chi connectivity index (χ1n) is 4.11. The summed E-state index contributed by atoms with van der Waals surface area (Å²) >= 11 is 13.8. The molecule has 1 heterocycles. The summed E-state index contributed by atoms with van der Waals surface area (Å²) in [5.41, 5.74) is 0.903. The van der Waals surface area contributed by atoms with Crippen LogP contribution >= 0.6 is 45.8 Å². The van der Waals surface area contributed by atoms with Crippen molar-refractivity contribution in [2.75, 3.05) is 0 Å². The normalized spacial score (nSPS) is 10.3. The molecule has 2 nitrogen and oxygen atoms in total. The van der Waals surface area contributed by atoms with Crippen LogP contribution in [-0.2, 0) is 0 Å². The molecule has 0 bridgehead atoms. The molecule has 0 fully saturated rings. The maximum Gasteiger partial charge on any atom is 0.162 e. The van der Waals surface area contributed by atoms with Gasteiger partial charge in [-0.15, -0.1) is 0 Å². The Morgan fingerprint density at radius 3 is 2.00 bits per heavy atom. The Morgan fingerprint density at radius 1 is 0.933 bits per heavy atom. The summed E-state index contributed by atoms with van der Waals surface area (Å²) in [6.45, 7) is 0. The summed E-state index contributed by atoms with van der Waals surface area (Å²) in [7, 11) is 0. The number of halogens is 3. The minimum atomic E-state index is 0.351. The summed E-state index contributed by atoms with van der Waals surface area (Å²) < 4.78 is 1.16. The monoisotopic (exact) mass is 350 g/mol. The first-order valence-corrected chi connectivity index (χ1v) is 5.94. The van der Waals surface area contributed by atoms with Gasteiger partial charge in [0.1, 0.15) is 10.3 Å². The van der Waals surface area contributed by atoms with E-state index in [-0.39, 0.29) is 0 Å². The smallest absolute Gasteiger partial charge is 0.162 e. The summed E-state index contributed by atoms with van der Waals surface area (Å²) in [6, 6.07) is 9.34. The second-order valence-electron chi connectivity index (χ2n) is 2.84. The zero-order valence-corrected chi connectivity index (χ0v) is 11.1. The Morgan fingerprint density at radius 2 is 1.47 bits per heavy atom. The molecule has 0 aliphatic heterocycles. The van der Waals surface area contributed by atoms with E-state index in [0.717, 1.165) is 9.13 Å². The lowest BCUT2D eigenvalue weighted by Crippen LogP contribution is -1.89. The van der Waals surface area contributed by atoms with Crippen molar-refractivity contribution in [2.45, 2.75) is 0 Å². The summed E-state index contributed by atoms with van der Waals surface area (Å²) in [4.78, 5) is 8.20. The first kappa shape index (κ1) is 11.1. The van der Waals surface area contributed by atoms with E-state index in [1.807, 2.05) is 24.3 Å². The average molecular weight is 351 g/mol. The van der Waals surface area contributed by atoms with E-state index in [2.05, 4.69) is 32.6 Å². The summed E-state index contributed by atoms with van der Waals surface area (Å²) in [5, 5.41) is 0.701. The second kappa shape index (κ2) is 4.63. The topological polar surface area (TPSA) is 25.8 Å². The third-order valence-corrected chi connectivity index (χ3v) is 2.87. The van der Waals surface area contributed by atoms with E-state index in [4.69, 9.17) is 23.2 Å². The molecule has 2 aromatic rings. The molecule has 1 aromatic heterocycles. The molecule has 0 radical (unpaired) electrons. The lowest BCUT2D eigenvalue weighted by molar-refractivity contribution is 1.18. The molecule has 0 N–H and O–H groups in total. The van der Waals surface area contributed by atoms with Gasteiger partial charge in [0.05, 0.1) is 0 Å². The van der Waals surface area contributed by atoms with E-state index in [1.54, 1.807) is 0 Å². The number of rotatable bonds is 1. The fourth-order valence-electron chi connectivity index (χ4n) is 1.12. The SMILES string of the molecule is Clc1cc(Cl)nc(-c2ccc(I)cc2)n1. The predicted octanol–water partition coefficient (Wildman–Crippen LogP) is 4.06. The van der Waals surface area contributed by atoms with Crippen molar-refractivity contribution in [3.8, 4) is 11.4 Å². The van der Waals surface area contributed by atoms with Crippen LogP contribution in [0.5, 0.6) is 0 Å². The van der Waals surface area contributed by atoms with Crippen LogP contribution in [0.2, 0.25) is 10.3 Å². The fraction of sp³-hybridized carbons (Fsp3) is 0. The van der Waals surface area contributed by atoms with Gasteiger partial charge in [-0.2, -0.15) is 0 Å². The number of hydrogen-bond acceptors (Lipinski definition) is 2. The van der Waals surface area contributed by atoms with Crippen molar-refractivity contribution in [3.63, 3.8) is 0 Å². The number of hydrogen-bond donors (Lipinski definition) is 0. The molecule has 0 atom stereocenters. The Bertz CT molecular complexity index is 465. The largest absolute Gasteiger partial charge is 0.216 e. The maximum atomic E-state index is 5.79. The molecule has 0 amide bonds. The highest BCUT2D eigenvalue weighted by Crippen LogP contribution is 2.20. The molecule has 0 saturated heterocycles. The lowest BCUT2D eigenvalue weighted by atomic mass is 10.2. The van der Waals surface area contributed by atoms with E-state index >= 15 is 0 Å². The predicted molar refractivity (Wildman–Crippen MR) is 70.2 cm³/mol. The van der Waals surface area contributed by atoms with E-state index in [0.29, 0.717) is 16.1 Å². The summed E-state index contributed by atoms with van der Waals surface area (Å²) in [5.74, 6) is 0.545. The van der Waals surface area contributed by atoms with Crippen molar-refractivity contribution >= 4 is 45.8 Å².